The fraction of sp³-hybridized carbons (Fsp3) is 0.778. The average molecular weight is 156 g/mol. The van der Waals surface area contributed by atoms with Crippen LogP contribution in [0.3, 0.4) is 0 Å². The molecule has 0 saturated carbocycles. The van der Waals surface area contributed by atoms with E-state index in [0.29, 0.717) is 12.5 Å². The lowest BCUT2D eigenvalue weighted by atomic mass is 9.93. The number of hydrogen-bond acceptors (Lipinski definition) is 2. The fourth-order valence-corrected chi connectivity index (χ4v) is 1.26. The molecule has 1 N–H and O–H groups in total. The highest BCUT2D eigenvalue weighted by Gasteiger charge is 2.15. The van der Waals surface area contributed by atoms with Gasteiger partial charge in [-0.1, -0.05) is 18.6 Å². The van der Waals surface area contributed by atoms with Crippen molar-refractivity contribution in [2.75, 3.05) is 13.2 Å². The summed E-state index contributed by atoms with van der Waals surface area (Å²) in [6.07, 6.45) is 2.83. The van der Waals surface area contributed by atoms with E-state index in [1.165, 1.54) is 5.57 Å². The van der Waals surface area contributed by atoms with Crippen LogP contribution in [0.25, 0.3) is 0 Å². The van der Waals surface area contributed by atoms with Crippen LogP contribution in [0.2, 0.25) is 0 Å². The number of aliphatic hydroxyl groups excluding tert-OH is 1. The molecule has 0 aromatic rings. The number of aliphatic hydroxyl groups is 1. The molecule has 0 radical (unpaired) electrons. The normalized spacial score (nSPS) is 24.1. The summed E-state index contributed by atoms with van der Waals surface area (Å²) in [5, 5.41) is 9.29. The molecule has 1 aliphatic heterocycles. The van der Waals surface area contributed by atoms with Crippen LogP contribution in [0.4, 0.5) is 0 Å². The Morgan fingerprint density at radius 3 is 2.73 bits per heavy atom. The fourth-order valence-electron chi connectivity index (χ4n) is 1.26. The van der Waals surface area contributed by atoms with E-state index in [0.717, 1.165) is 13.0 Å². The van der Waals surface area contributed by atoms with Gasteiger partial charge in [0.25, 0.3) is 0 Å². The molecule has 2 unspecified atom stereocenters. The Kier molecular flexibility index (Phi) is 3.09. The molecule has 1 heterocycles. The monoisotopic (exact) mass is 156 g/mol. The maximum atomic E-state index is 9.29. The zero-order valence-corrected chi connectivity index (χ0v) is 7.21. The molecule has 2 heteroatoms. The van der Waals surface area contributed by atoms with Crippen LogP contribution in [0.5, 0.6) is 0 Å². The Balaban J connectivity index is 2.51. The number of hydrogen-bond donors (Lipinski definition) is 1. The third-order valence-corrected chi connectivity index (χ3v) is 2.31. The first-order chi connectivity index (χ1) is 5.22. The molecule has 0 aromatic heterocycles. The van der Waals surface area contributed by atoms with Gasteiger partial charge in [-0.2, -0.15) is 0 Å². The maximum absolute atomic E-state index is 9.29. The van der Waals surface area contributed by atoms with Crippen molar-refractivity contribution in [1.29, 1.82) is 0 Å². The zero-order chi connectivity index (χ0) is 8.27. The summed E-state index contributed by atoms with van der Waals surface area (Å²) in [6.45, 7) is 5.41. The highest BCUT2D eigenvalue weighted by atomic mass is 16.5. The Morgan fingerprint density at radius 2 is 2.27 bits per heavy atom. The molecule has 1 aliphatic rings. The van der Waals surface area contributed by atoms with Crippen molar-refractivity contribution in [3.8, 4) is 0 Å². The molecule has 0 amide bonds. The second-order valence-electron chi connectivity index (χ2n) is 3.13. The molecule has 1 rings (SSSR count). The molecular weight excluding hydrogens is 140 g/mol. The molecule has 2 atom stereocenters. The first-order valence-corrected chi connectivity index (χ1v) is 4.16. The van der Waals surface area contributed by atoms with Gasteiger partial charge >= 0.3 is 0 Å². The average Bonchev–Trinajstić information content (AvgIpc) is 2.05. The van der Waals surface area contributed by atoms with E-state index in [2.05, 4.69) is 13.0 Å². The largest absolute Gasteiger partial charge is 0.393 e. The Hall–Kier alpha value is -0.340. The molecule has 11 heavy (non-hydrogen) atoms. The second-order valence-corrected chi connectivity index (χ2v) is 3.13. The summed E-state index contributed by atoms with van der Waals surface area (Å²) < 4.78 is 5.17. The summed E-state index contributed by atoms with van der Waals surface area (Å²) in [6, 6.07) is 0. The topological polar surface area (TPSA) is 29.5 Å². The molecule has 0 fully saturated rings. The number of rotatable bonds is 2. The molecule has 0 aromatic carbocycles. The van der Waals surface area contributed by atoms with Crippen molar-refractivity contribution >= 4 is 0 Å². The van der Waals surface area contributed by atoms with Crippen molar-refractivity contribution < 1.29 is 9.84 Å². The second kappa shape index (κ2) is 3.88. The SMILES string of the molecule is CC(O)C(C)C1=CCOCC1. The predicted molar refractivity (Wildman–Crippen MR) is 44.4 cm³/mol. The van der Waals surface area contributed by atoms with Crippen LogP contribution in [-0.4, -0.2) is 24.4 Å². The van der Waals surface area contributed by atoms with E-state index in [1.807, 2.05) is 6.92 Å². The maximum Gasteiger partial charge on any atom is 0.0650 e. The highest BCUT2D eigenvalue weighted by Crippen LogP contribution is 2.20. The minimum atomic E-state index is -0.237. The molecule has 64 valence electrons. The third-order valence-electron chi connectivity index (χ3n) is 2.31. The lowest BCUT2D eigenvalue weighted by Gasteiger charge is -2.21. The van der Waals surface area contributed by atoms with Gasteiger partial charge in [-0.15, -0.1) is 0 Å². The standard InChI is InChI=1S/C9H16O2/c1-7(8(2)10)9-3-5-11-6-4-9/h3,7-8,10H,4-6H2,1-2H3. The van der Waals surface area contributed by atoms with Gasteiger partial charge in [0.05, 0.1) is 19.3 Å². The van der Waals surface area contributed by atoms with E-state index >= 15 is 0 Å². The van der Waals surface area contributed by atoms with Crippen LogP contribution >= 0.6 is 0 Å². The predicted octanol–water partition coefficient (Wildman–Crippen LogP) is 1.35. The molecule has 0 bridgehead atoms. The van der Waals surface area contributed by atoms with Gasteiger partial charge in [0.15, 0.2) is 0 Å². The van der Waals surface area contributed by atoms with E-state index < -0.39 is 0 Å². The van der Waals surface area contributed by atoms with Gasteiger partial charge in [-0.3, -0.25) is 0 Å². The van der Waals surface area contributed by atoms with E-state index in [4.69, 9.17) is 4.74 Å². The zero-order valence-electron chi connectivity index (χ0n) is 7.21. The highest BCUT2D eigenvalue weighted by molar-refractivity contribution is 5.09. The smallest absolute Gasteiger partial charge is 0.0650 e. The Morgan fingerprint density at radius 1 is 1.55 bits per heavy atom. The minimum Gasteiger partial charge on any atom is -0.393 e. The van der Waals surface area contributed by atoms with Gasteiger partial charge in [0.2, 0.25) is 0 Å². The quantitative estimate of drug-likeness (QED) is 0.611. The van der Waals surface area contributed by atoms with Crippen LogP contribution in [-0.2, 0) is 4.74 Å². The van der Waals surface area contributed by atoms with Crippen molar-refractivity contribution in [3.05, 3.63) is 11.6 Å². The van der Waals surface area contributed by atoms with Gasteiger partial charge in [-0.05, 0) is 13.3 Å². The van der Waals surface area contributed by atoms with Crippen LogP contribution < -0.4 is 0 Å². The summed E-state index contributed by atoms with van der Waals surface area (Å²) >= 11 is 0. The van der Waals surface area contributed by atoms with Crippen LogP contribution in [0.1, 0.15) is 20.3 Å². The van der Waals surface area contributed by atoms with Crippen molar-refractivity contribution in [2.45, 2.75) is 26.4 Å². The summed E-state index contributed by atoms with van der Waals surface area (Å²) in [5.41, 5.74) is 1.34. The minimum absolute atomic E-state index is 0.237. The van der Waals surface area contributed by atoms with Gasteiger partial charge in [-0.25, -0.2) is 0 Å². The van der Waals surface area contributed by atoms with Gasteiger partial charge in [0, 0.05) is 5.92 Å². The Bertz CT molecular complexity index is 150. The third kappa shape index (κ3) is 2.31. The number of ether oxygens (including phenoxy) is 1. The molecule has 2 nitrogen and oxygen atoms in total. The van der Waals surface area contributed by atoms with Crippen molar-refractivity contribution in [3.63, 3.8) is 0 Å². The van der Waals surface area contributed by atoms with Crippen LogP contribution in [0.15, 0.2) is 11.6 Å². The lowest BCUT2D eigenvalue weighted by Crippen LogP contribution is -2.19. The summed E-state index contributed by atoms with van der Waals surface area (Å²) in [7, 11) is 0. The first kappa shape index (κ1) is 8.75. The Labute approximate surface area is 67.9 Å². The van der Waals surface area contributed by atoms with E-state index in [9.17, 15) is 5.11 Å². The molecule has 0 aliphatic carbocycles. The van der Waals surface area contributed by atoms with Gasteiger partial charge in [0.1, 0.15) is 0 Å². The lowest BCUT2D eigenvalue weighted by molar-refractivity contribution is 0.125. The van der Waals surface area contributed by atoms with Crippen LogP contribution in [0, 0.1) is 5.92 Å². The summed E-state index contributed by atoms with van der Waals surface area (Å²) in [5.74, 6) is 0.291. The van der Waals surface area contributed by atoms with E-state index in [1.54, 1.807) is 0 Å². The molecular formula is C9H16O2. The first-order valence-electron chi connectivity index (χ1n) is 4.16. The van der Waals surface area contributed by atoms with Crippen molar-refractivity contribution in [1.82, 2.24) is 0 Å². The molecule has 0 spiro atoms. The van der Waals surface area contributed by atoms with Gasteiger partial charge < -0.3 is 9.84 Å². The molecule has 0 saturated heterocycles. The van der Waals surface area contributed by atoms with E-state index in [-0.39, 0.29) is 6.10 Å². The summed E-state index contributed by atoms with van der Waals surface area (Å²) in [4.78, 5) is 0. The van der Waals surface area contributed by atoms with Crippen molar-refractivity contribution in [2.24, 2.45) is 5.92 Å².